The number of nitrogens with one attached hydrogen (secondary N) is 1. The molecular weight excluding hydrogens is 349 g/mol. The number of ether oxygens (including phenoxy) is 3. The molecule has 0 spiro atoms. The van der Waals surface area contributed by atoms with Gasteiger partial charge in [-0.2, -0.15) is 4.39 Å². The molecular formula is C18H15F3N2O3. The summed E-state index contributed by atoms with van der Waals surface area (Å²) in [4.78, 5) is 4.17. The van der Waals surface area contributed by atoms with E-state index in [1.54, 1.807) is 12.1 Å². The molecule has 0 aliphatic heterocycles. The minimum Gasteiger partial charge on any atom is -0.493 e. The SMILES string of the molecule is CNc1cc(F)c(Oc2ccnc3cc(OC)c(OC)cc23)c(F)c1F. The largest absolute Gasteiger partial charge is 0.493 e. The van der Waals surface area contributed by atoms with Crippen LogP contribution in [0.1, 0.15) is 0 Å². The monoisotopic (exact) mass is 364 g/mol. The highest BCUT2D eigenvalue weighted by Crippen LogP contribution is 2.39. The highest BCUT2D eigenvalue weighted by Gasteiger charge is 2.21. The van der Waals surface area contributed by atoms with Gasteiger partial charge in [0, 0.05) is 30.8 Å². The maximum Gasteiger partial charge on any atom is 0.206 e. The smallest absolute Gasteiger partial charge is 0.206 e. The van der Waals surface area contributed by atoms with Gasteiger partial charge in [0.15, 0.2) is 23.1 Å². The highest BCUT2D eigenvalue weighted by atomic mass is 19.2. The minimum atomic E-state index is -1.43. The first-order valence-corrected chi connectivity index (χ1v) is 7.54. The molecule has 1 N–H and O–H groups in total. The average molecular weight is 364 g/mol. The van der Waals surface area contributed by atoms with Crippen LogP contribution in [0.4, 0.5) is 18.9 Å². The minimum absolute atomic E-state index is 0.0883. The molecule has 3 aromatic rings. The Morgan fingerprint density at radius 1 is 0.923 bits per heavy atom. The van der Waals surface area contributed by atoms with Crippen LogP contribution in [0.25, 0.3) is 10.9 Å². The van der Waals surface area contributed by atoms with Crippen LogP contribution in [-0.2, 0) is 0 Å². The van der Waals surface area contributed by atoms with Crippen LogP contribution in [0.3, 0.4) is 0 Å². The fourth-order valence-corrected chi connectivity index (χ4v) is 2.50. The van der Waals surface area contributed by atoms with E-state index in [4.69, 9.17) is 14.2 Å². The van der Waals surface area contributed by atoms with E-state index >= 15 is 0 Å². The Balaban J connectivity index is 2.14. The van der Waals surface area contributed by atoms with E-state index in [-0.39, 0.29) is 11.4 Å². The Kier molecular flexibility index (Phi) is 4.75. The van der Waals surface area contributed by atoms with Gasteiger partial charge < -0.3 is 19.5 Å². The number of hydrogen-bond acceptors (Lipinski definition) is 5. The topological polar surface area (TPSA) is 52.6 Å². The number of nitrogens with zero attached hydrogens (tertiary/aromatic N) is 1. The molecule has 0 saturated carbocycles. The van der Waals surface area contributed by atoms with Gasteiger partial charge in [0.1, 0.15) is 5.75 Å². The predicted octanol–water partition coefficient (Wildman–Crippen LogP) is 4.50. The van der Waals surface area contributed by atoms with Crippen LogP contribution < -0.4 is 19.5 Å². The molecule has 1 aromatic heterocycles. The van der Waals surface area contributed by atoms with Gasteiger partial charge in [-0.15, -0.1) is 0 Å². The number of halogens is 3. The number of rotatable bonds is 5. The Hall–Kier alpha value is -3.16. The summed E-state index contributed by atoms with van der Waals surface area (Å²) in [5.41, 5.74) is 0.145. The molecule has 0 aliphatic rings. The molecule has 0 unspecified atom stereocenters. The number of fused-ring (bicyclic) bond motifs is 1. The summed E-state index contributed by atoms with van der Waals surface area (Å²) in [5, 5.41) is 2.79. The van der Waals surface area contributed by atoms with Crippen molar-refractivity contribution in [3.05, 3.63) is 47.9 Å². The average Bonchev–Trinajstić information content (AvgIpc) is 2.66. The quantitative estimate of drug-likeness (QED) is 0.676. The molecule has 136 valence electrons. The molecule has 1 heterocycles. The zero-order chi connectivity index (χ0) is 18.8. The summed E-state index contributed by atoms with van der Waals surface area (Å²) in [6.45, 7) is 0. The van der Waals surface area contributed by atoms with Gasteiger partial charge in [-0.25, -0.2) is 8.78 Å². The Bertz CT molecular complexity index is 980. The van der Waals surface area contributed by atoms with Gasteiger partial charge in [-0.05, 0) is 12.1 Å². The second kappa shape index (κ2) is 6.99. The Morgan fingerprint density at radius 2 is 1.62 bits per heavy atom. The van der Waals surface area contributed by atoms with Crippen LogP contribution in [0.5, 0.6) is 23.0 Å². The third-order valence-corrected chi connectivity index (χ3v) is 3.80. The third kappa shape index (κ3) is 2.94. The van der Waals surface area contributed by atoms with E-state index in [1.807, 2.05) is 0 Å². The molecule has 0 saturated heterocycles. The van der Waals surface area contributed by atoms with Gasteiger partial charge in [-0.1, -0.05) is 0 Å². The van der Waals surface area contributed by atoms with Crippen LogP contribution in [0.15, 0.2) is 30.5 Å². The van der Waals surface area contributed by atoms with Crippen molar-refractivity contribution >= 4 is 16.6 Å². The van der Waals surface area contributed by atoms with Gasteiger partial charge in [-0.3, -0.25) is 4.98 Å². The van der Waals surface area contributed by atoms with Crippen LogP contribution in [0.2, 0.25) is 0 Å². The van der Waals surface area contributed by atoms with E-state index in [1.165, 1.54) is 33.5 Å². The van der Waals surface area contributed by atoms with Crippen LogP contribution in [-0.4, -0.2) is 26.3 Å². The summed E-state index contributed by atoms with van der Waals surface area (Å²) in [6.07, 6.45) is 1.40. The fourth-order valence-electron chi connectivity index (χ4n) is 2.50. The van der Waals surface area contributed by atoms with Crippen molar-refractivity contribution in [1.82, 2.24) is 4.98 Å². The number of methoxy groups -OCH3 is 2. The number of anilines is 1. The van der Waals surface area contributed by atoms with Crippen molar-refractivity contribution in [2.45, 2.75) is 0 Å². The summed E-state index contributed by atoms with van der Waals surface area (Å²) in [7, 11) is 4.28. The van der Waals surface area contributed by atoms with Gasteiger partial charge in [0.2, 0.25) is 11.6 Å². The lowest BCUT2D eigenvalue weighted by atomic mass is 10.1. The standard InChI is InChI=1S/C18H15F3N2O3/c1-22-12-7-10(19)18(17(21)16(12)20)26-13-4-5-23-11-8-15(25-3)14(24-2)6-9(11)13/h4-8,22H,1-3H3. The Morgan fingerprint density at radius 3 is 2.27 bits per heavy atom. The number of aromatic nitrogens is 1. The van der Waals surface area contributed by atoms with Crippen molar-refractivity contribution < 1.29 is 27.4 Å². The highest BCUT2D eigenvalue weighted by molar-refractivity contribution is 5.88. The summed E-state index contributed by atoms with van der Waals surface area (Å²) < 4.78 is 58.1. The number of pyridine rings is 1. The molecule has 0 amide bonds. The zero-order valence-corrected chi connectivity index (χ0v) is 14.2. The van der Waals surface area contributed by atoms with Crippen molar-refractivity contribution in [3.8, 4) is 23.0 Å². The van der Waals surface area contributed by atoms with E-state index in [0.29, 0.717) is 22.4 Å². The normalized spacial score (nSPS) is 10.7. The summed E-state index contributed by atoms with van der Waals surface area (Å²) in [6, 6.07) is 5.39. The fraction of sp³-hybridized carbons (Fsp3) is 0.167. The second-order valence-corrected chi connectivity index (χ2v) is 5.25. The maximum absolute atomic E-state index is 14.2. The zero-order valence-electron chi connectivity index (χ0n) is 14.2. The van der Waals surface area contributed by atoms with Crippen molar-refractivity contribution in [2.24, 2.45) is 0 Å². The van der Waals surface area contributed by atoms with Crippen molar-refractivity contribution in [2.75, 3.05) is 26.6 Å². The van der Waals surface area contributed by atoms with Crippen molar-refractivity contribution in [1.29, 1.82) is 0 Å². The number of hydrogen-bond donors (Lipinski definition) is 1. The molecule has 0 atom stereocenters. The first kappa shape index (κ1) is 17.7. The van der Waals surface area contributed by atoms with Gasteiger partial charge in [0.05, 0.1) is 25.4 Å². The van der Waals surface area contributed by atoms with E-state index < -0.39 is 23.2 Å². The predicted molar refractivity (Wildman–Crippen MR) is 90.8 cm³/mol. The lowest BCUT2D eigenvalue weighted by molar-refractivity contribution is 0.355. The van der Waals surface area contributed by atoms with E-state index in [2.05, 4.69) is 10.3 Å². The van der Waals surface area contributed by atoms with E-state index in [9.17, 15) is 13.2 Å². The molecule has 26 heavy (non-hydrogen) atoms. The number of benzene rings is 2. The molecule has 0 radical (unpaired) electrons. The first-order valence-electron chi connectivity index (χ1n) is 7.54. The third-order valence-electron chi connectivity index (χ3n) is 3.80. The molecule has 2 aromatic carbocycles. The van der Waals surface area contributed by atoms with Gasteiger partial charge in [0.25, 0.3) is 0 Å². The lowest BCUT2D eigenvalue weighted by Gasteiger charge is -2.14. The lowest BCUT2D eigenvalue weighted by Crippen LogP contribution is -2.02. The second-order valence-electron chi connectivity index (χ2n) is 5.25. The Labute approximate surface area is 147 Å². The van der Waals surface area contributed by atoms with Crippen LogP contribution >= 0.6 is 0 Å². The van der Waals surface area contributed by atoms with Crippen molar-refractivity contribution in [3.63, 3.8) is 0 Å². The summed E-state index contributed by atoms with van der Waals surface area (Å²) >= 11 is 0. The first-order chi connectivity index (χ1) is 12.5. The molecule has 5 nitrogen and oxygen atoms in total. The van der Waals surface area contributed by atoms with E-state index in [0.717, 1.165) is 6.07 Å². The summed E-state index contributed by atoms with van der Waals surface area (Å²) in [5.74, 6) is -3.64. The molecule has 0 bridgehead atoms. The molecule has 3 rings (SSSR count). The molecule has 0 aliphatic carbocycles. The maximum atomic E-state index is 14.2. The molecule has 8 heteroatoms. The molecule has 0 fully saturated rings. The van der Waals surface area contributed by atoms with Gasteiger partial charge >= 0.3 is 0 Å². The van der Waals surface area contributed by atoms with Crippen LogP contribution in [0, 0.1) is 17.5 Å².